The molecule has 1 amide bonds. The molecule has 150 valence electrons. The van der Waals surface area contributed by atoms with Crippen molar-refractivity contribution in [3.05, 3.63) is 64.6 Å². The van der Waals surface area contributed by atoms with E-state index in [4.69, 9.17) is 9.47 Å². The van der Waals surface area contributed by atoms with Crippen molar-refractivity contribution < 1.29 is 14.3 Å². The van der Waals surface area contributed by atoms with Gasteiger partial charge in [0.15, 0.2) is 5.75 Å². The Labute approximate surface area is 168 Å². The van der Waals surface area contributed by atoms with E-state index >= 15 is 0 Å². The number of rotatable bonds is 6. The zero-order valence-corrected chi connectivity index (χ0v) is 16.7. The number of carbonyl (C=O) groups excluding carboxylic acids is 1. The number of nitrogens with one attached hydrogen (secondary N) is 1. The van der Waals surface area contributed by atoms with Crippen molar-refractivity contribution >= 4 is 11.7 Å². The minimum absolute atomic E-state index is 0.323. The zero-order chi connectivity index (χ0) is 21.0. The van der Waals surface area contributed by atoms with Gasteiger partial charge in [-0.1, -0.05) is 6.07 Å². The molecule has 0 fully saturated rings. The van der Waals surface area contributed by atoms with E-state index in [-0.39, 0.29) is 0 Å². The normalized spacial score (nSPS) is 11.6. The van der Waals surface area contributed by atoms with Gasteiger partial charge in [-0.3, -0.25) is 9.59 Å². The Morgan fingerprint density at radius 3 is 2.45 bits per heavy atom. The zero-order valence-electron chi connectivity index (χ0n) is 16.7. The summed E-state index contributed by atoms with van der Waals surface area (Å²) in [5.41, 5.74) is 1.50. The molecule has 8 heteroatoms. The van der Waals surface area contributed by atoms with Crippen LogP contribution >= 0.6 is 0 Å². The highest BCUT2D eigenvalue weighted by molar-refractivity contribution is 5.92. The van der Waals surface area contributed by atoms with E-state index in [9.17, 15) is 9.59 Å². The van der Waals surface area contributed by atoms with Gasteiger partial charge in [0.2, 0.25) is 5.91 Å². The molecule has 8 nitrogen and oxygen atoms in total. The first-order chi connectivity index (χ1) is 13.9. The van der Waals surface area contributed by atoms with E-state index in [0.29, 0.717) is 23.0 Å². The Balaban J connectivity index is 1.95. The van der Waals surface area contributed by atoms with Gasteiger partial charge in [0.05, 0.1) is 14.2 Å². The fourth-order valence-corrected chi connectivity index (χ4v) is 2.79. The number of ether oxygens (including phenoxy) is 2. The Kier molecular flexibility index (Phi) is 5.92. The molecule has 3 rings (SSSR count). The Bertz CT molecular complexity index is 1080. The molecular formula is C21H22N4O4. The maximum Gasteiger partial charge on any atom is 0.271 e. The molecule has 0 radical (unpaired) electrons. The molecule has 0 aliphatic rings. The number of benzene rings is 1. The molecule has 3 aromatic rings. The van der Waals surface area contributed by atoms with Gasteiger partial charge in [-0.05, 0) is 50.2 Å². The fourth-order valence-electron chi connectivity index (χ4n) is 2.79. The molecule has 2 aromatic heterocycles. The topological polar surface area (TPSA) is 95.3 Å². The van der Waals surface area contributed by atoms with Crippen molar-refractivity contribution in [3.63, 3.8) is 0 Å². The summed E-state index contributed by atoms with van der Waals surface area (Å²) in [4.78, 5) is 29.5. The smallest absolute Gasteiger partial charge is 0.271 e. The van der Waals surface area contributed by atoms with E-state index < -0.39 is 17.5 Å². The van der Waals surface area contributed by atoms with Crippen molar-refractivity contribution in [3.8, 4) is 22.8 Å². The van der Waals surface area contributed by atoms with Gasteiger partial charge in [0.25, 0.3) is 5.56 Å². The van der Waals surface area contributed by atoms with Crippen LogP contribution in [0.1, 0.15) is 18.7 Å². The predicted octanol–water partition coefficient (Wildman–Crippen LogP) is 2.83. The lowest BCUT2D eigenvalue weighted by molar-refractivity contribution is -0.119. The maximum absolute atomic E-state index is 12.7. The first-order valence-electron chi connectivity index (χ1n) is 8.99. The summed E-state index contributed by atoms with van der Waals surface area (Å²) < 4.78 is 11.6. The van der Waals surface area contributed by atoms with Crippen molar-refractivity contribution in [1.82, 2.24) is 14.8 Å². The van der Waals surface area contributed by atoms with Gasteiger partial charge in [0, 0.05) is 17.3 Å². The molecule has 0 unspecified atom stereocenters. The van der Waals surface area contributed by atoms with Crippen LogP contribution in [0.25, 0.3) is 11.3 Å². The minimum atomic E-state index is -0.854. The number of aromatic nitrogens is 3. The van der Waals surface area contributed by atoms with Crippen LogP contribution in [0, 0.1) is 6.92 Å². The van der Waals surface area contributed by atoms with Crippen molar-refractivity contribution in [1.29, 1.82) is 0 Å². The highest BCUT2D eigenvalue weighted by Gasteiger charge is 2.21. The first kappa shape index (κ1) is 20.1. The Morgan fingerprint density at radius 2 is 1.83 bits per heavy atom. The summed E-state index contributed by atoms with van der Waals surface area (Å²) in [6, 6.07) is 13.0. The molecule has 1 N–H and O–H groups in total. The number of pyridine rings is 1. The second kappa shape index (κ2) is 8.55. The van der Waals surface area contributed by atoms with E-state index in [0.717, 1.165) is 15.9 Å². The molecule has 0 aliphatic carbocycles. The second-order valence-electron chi connectivity index (χ2n) is 6.40. The summed E-state index contributed by atoms with van der Waals surface area (Å²) in [7, 11) is 3.05. The minimum Gasteiger partial charge on any atom is -0.497 e. The summed E-state index contributed by atoms with van der Waals surface area (Å²) in [5, 5.41) is 7.12. The van der Waals surface area contributed by atoms with Crippen LogP contribution in [0.15, 0.2) is 53.3 Å². The number of hydrogen-bond donors (Lipinski definition) is 1. The van der Waals surface area contributed by atoms with Gasteiger partial charge in [-0.2, -0.15) is 5.10 Å². The van der Waals surface area contributed by atoms with Gasteiger partial charge in [-0.25, -0.2) is 9.67 Å². The van der Waals surface area contributed by atoms with Crippen LogP contribution in [0.3, 0.4) is 0 Å². The monoisotopic (exact) mass is 394 g/mol. The van der Waals surface area contributed by atoms with E-state index in [1.807, 2.05) is 13.0 Å². The van der Waals surface area contributed by atoms with Crippen LogP contribution in [0.4, 0.5) is 5.82 Å². The summed E-state index contributed by atoms with van der Waals surface area (Å²) in [6.07, 6.45) is 0. The van der Waals surface area contributed by atoms with Crippen LogP contribution in [-0.4, -0.2) is 34.9 Å². The number of methoxy groups -OCH3 is 2. The Hall–Kier alpha value is -3.68. The third-order valence-corrected chi connectivity index (χ3v) is 4.39. The third kappa shape index (κ3) is 4.43. The van der Waals surface area contributed by atoms with Crippen molar-refractivity contribution in [2.24, 2.45) is 0 Å². The van der Waals surface area contributed by atoms with Crippen LogP contribution < -0.4 is 20.3 Å². The molecular weight excluding hydrogens is 372 g/mol. The van der Waals surface area contributed by atoms with Crippen LogP contribution in [-0.2, 0) is 4.79 Å². The highest BCUT2D eigenvalue weighted by Crippen LogP contribution is 2.28. The quantitative estimate of drug-likeness (QED) is 0.691. The molecule has 0 aliphatic heterocycles. The molecule has 0 saturated carbocycles. The number of nitrogens with zero attached hydrogens (tertiary/aromatic N) is 3. The van der Waals surface area contributed by atoms with E-state index in [1.54, 1.807) is 50.4 Å². The van der Waals surface area contributed by atoms with Gasteiger partial charge in [-0.15, -0.1) is 0 Å². The standard InChI is InChI=1S/C21H22N4O4/c1-13-6-5-7-18(22-13)23-21(27)14(2)25-19(26)12-17(29-4)20(24-25)15-8-10-16(28-3)11-9-15/h5-12,14H,1-4H3,(H,22,23,27)/t14-/m0/s1. The molecule has 1 aromatic carbocycles. The molecule has 0 spiro atoms. The number of carbonyl (C=O) groups is 1. The van der Waals surface area contributed by atoms with Gasteiger partial charge < -0.3 is 14.8 Å². The SMILES string of the molecule is COc1ccc(-c2nn([C@@H](C)C(=O)Nc3cccc(C)n3)c(=O)cc2OC)cc1. The lowest BCUT2D eigenvalue weighted by Crippen LogP contribution is -2.33. The number of anilines is 1. The number of aryl methyl sites for hydroxylation is 1. The van der Waals surface area contributed by atoms with Crippen LogP contribution in [0.5, 0.6) is 11.5 Å². The highest BCUT2D eigenvalue weighted by atomic mass is 16.5. The summed E-state index contributed by atoms with van der Waals surface area (Å²) in [5.74, 6) is 1.03. The average molecular weight is 394 g/mol. The Morgan fingerprint density at radius 1 is 1.10 bits per heavy atom. The van der Waals surface area contributed by atoms with Gasteiger partial charge >= 0.3 is 0 Å². The lowest BCUT2D eigenvalue weighted by Gasteiger charge is -2.16. The van der Waals surface area contributed by atoms with Gasteiger partial charge in [0.1, 0.15) is 23.3 Å². The summed E-state index contributed by atoms with van der Waals surface area (Å²) in [6.45, 7) is 3.43. The maximum atomic E-state index is 12.7. The lowest BCUT2D eigenvalue weighted by atomic mass is 10.1. The number of amides is 1. The third-order valence-electron chi connectivity index (χ3n) is 4.39. The van der Waals surface area contributed by atoms with E-state index in [2.05, 4.69) is 15.4 Å². The predicted molar refractivity (Wildman–Crippen MR) is 109 cm³/mol. The average Bonchev–Trinajstić information content (AvgIpc) is 2.73. The fraction of sp³-hybridized carbons (Fsp3) is 0.238. The molecule has 1 atom stereocenters. The summed E-state index contributed by atoms with van der Waals surface area (Å²) >= 11 is 0. The van der Waals surface area contributed by atoms with E-state index in [1.165, 1.54) is 13.2 Å². The molecule has 0 saturated heterocycles. The van der Waals surface area contributed by atoms with Crippen LogP contribution in [0.2, 0.25) is 0 Å². The van der Waals surface area contributed by atoms with Crippen molar-refractivity contribution in [2.75, 3.05) is 19.5 Å². The first-order valence-corrected chi connectivity index (χ1v) is 8.99. The molecule has 0 bridgehead atoms. The van der Waals surface area contributed by atoms with Crippen molar-refractivity contribution in [2.45, 2.75) is 19.9 Å². The largest absolute Gasteiger partial charge is 0.497 e. The molecule has 29 heavy (non-hydrogen) atoms. The number of hydrogen-bond acceptors (Lipinski definition) is 6. The molecule has 2 heterocycles. The second-order valence-corrected chi connectivity index (χ2v) is 6.40.